The van der Waals surface area contributed by atoms with Crippen LogP contribution in [0.3, 0.4) is 0 Å². The zero-order valence-electron chi connectivity index (χ0n) is 11.9. The van der Waals surface area contributed by atoms with E-state index in [1.54, 1.807) is 18.4 Å². The zero-order valence-corrected chi connectivity index (χ0v) is 12.7. The topological polar surface area (TPSA) is 54.5 Å². The van der Waals surface area contributed by atoms with Crippen molar-refractivity contribution in [2.75, 3.05) is 39.9 Å². The first-order valence-corrected chi connectivity index (χ1v) is 8.09. The largest absolute Gasteiger partial charge is 0.384 e. The maximum Gasteiger partial charge on any atom is 0.265 e. The molecule has 0 atom stereocenters. The van der Waals surface area contributed by atoms with Gasteiger partial charge >= 0.3 is 0 Å². The highest BCUT2D eigenvalue weighted by Crippen LogP contribution is 2.43. The molecule has 3 rings (SSSR count). The maximum atomic E-state index is 12.7. The van der Waals surface area contributed by atoms with Gasteiger partial charge in [-0.25, -0.2) is 4.98 Å². The standard InChI is InChI=1S/C14H21N3O2S/c1-19-9-4-11-16-12(10-2-3-10)13(20-11)14(18)17-7-5-15-6-8-17/h10,15H,2-9H2,1H3. The van der Waals surface area contributed by atoms with Crippen molar-refractivity contribution in [1.82, 2.24) is 15.2 Å². The Morgan fingerprint density at radius 1 is 1.45 bits per heavy atom. The summed E-state index contributed by atoms with van der Waals surface area (Å²) in [5.74, 6) is 0.693. The van der Waals surface area contributed by atoms with E-state index in [1.165, 1.54) is 12.8 Å². The van der Waals surface area contributed by atoms with Gasteiger partial charge < -0.3 is 15.0 Å². The van der Waals surface area contributed by atoms with Crippen molar-refractivity contribution < 1.29 is 9.53 Å². The van der Waals surface area contributed by atoms with Crippen LogP contribution < -0.4 is 5.32 Å². The zero-order chi connectivity index (χ0) is 13.9. The van der Waals surface area contributed by atoms with E-state index in [4.69, 9.17) is 9.72 Å². The van der Waals surface area contributed by atoms with E-state index in [0.717, 1.165) is 48.2 Å². The van der Waals surface area contributed by atoms with Gasteiger partial charge in [-0.05, 0) is 12.8 Å². The van der Waals surface area contributed by atoms with Crippen LogP contribution in [0.5, 0.6) is 0 Å². The number of aromatic nitrogens is 1. The van der Waals surface area contributed by atoms with Crippen molar-refractivity contribution in [3.05, 3.63) is 15.6 Å². The fourth-order valence-corrected chi connectivity index (χ4v) is 3.57. The molecule has 1 amide bonds. The molecule has 1 aliphatic carbocycles. The third-order valence-corrected chi connectivity index (χ3v) is 4.90. The molecule has 20 heavy (non-hydrogen) atoms. The highest BCUT2D eigenvalue weighted by molar-refractivity contribution is 7.13. The lowest BCUT2D eigenvalue weighted by Gasteiger charge is -2.27. The third-order valence-electron chi connectivity index (χ3n) is 3.78. The molecule has 1 aromatic heterocycles. The summed E-state index contributed by atoms with van der Waals surface area (Å²) in [6.45, 7) is 4.04. The second-order valence-corrected chi connectivity index (χ2v) is 6.46. The minimum absolute atomic E-state index is 0.176. The summed E-state index contributed by atoms with van der Waals surface area (Å²) in [5.41, 5.74) is 1.05. The number of amides is 1. The smallest absolute Gasteiger partial charge is 0.265 e. The molecule has 2 aliphatic rings. The molecule has 6 heteroatoms. The number of hydrogen-bond donors (Lipinski definition) is 1. The van der Waals surface area contributed by atoms with Gasteiger partial charge in [0, 0.05) is 45.6 Å². The molecule has 0 bridgehead atoms. The van der Waals surface area contributed by atoms with Crippen LogP contribution in [0.2, 0.25) is 0 Å². The molecular weight excluding hydrogens is 274 g/mol. The quantitative estimate of drug-likeness (QED) is 0.888. The van der Waals surface area contributed by atoms with Crippen molar-refractivity contribution >= 4 is 17.2 Å². The summed E-state index contributed by atoms with van der Waals surface area (Å²) in [5, 5.41) is 4.32. The normalized spacial score (nSPS) is 19.4. The van der Waals surface area contributed by atoms with Crippen LogP contribution in [0.25, 0.3) is 0 Å². The average molecular weight is 295 g/mol. The molecule has 0 radical (unpaired) electrons. The molecular formula is C14H21N3O2S. The number of hydrogen-bond acceptors (Lipinski definition) is 5. The number of carbonyl (C=O) groups is 1. The van der Waals surface area contributed by atoms with E-state index in [9.17, 15) is 4.79 Å². The first kappa shape index (κ1) is 14.0. The molecule has 0 spiro atoms. The van der Waals surface area contributed by atoms with Gasteiger partial charge in [0.25, 0.3) is 5.91 Å². The van der Waals surface area contributed by atoms with Crippen molar-refractivity contribution in [2.24, 2.45) is 0 Å². The number of rotatable bonds is 5. The molecule has 0 aromatic carbocycles. The van der Waals surface area contributed by atoms with E-state index >= 15 is 0 Å². The Hall–Kier alpha value is -0.980. The molecule has 110 valence electrons. The third kappa shape index (κ3) is 3.02. The van der Waals surface area contributed by atoms with Gasteiger partial charge in [0.1, 0.15) is 4.88 Å². The monoisotopic (exact) mass is 295 g/mol. The summed E-state index contributed by atoms with van der Waals surface area (Å²) in [7, 11) is 1.70. The fourth-order valence-electron chi connectivity index (χ4n) is 2.47. The predicted octanol–water partition coefficient (Wildman–Crippen LogP) is 1.25. The Labute approximate surface area is 123 Å². The Balaban J connectivity index is 1.78. The predicted molar refractivity (Wildman–Crippen MR) is 78.4 cm³/mol. The molecule has 5 nitrogen and oxygen atoms in total. The molecule has 1 aromatic rings. The summed E-state index contributed by atoms with van der Waals surface area (Å²) in [6, 6.07) is 0. The SMILES string of the molecule is COCCc1nc(C2CC2)c(C(=O)N2CCNCC2)s1. The van der Waals surface area contributed by atoms with Crippen LogP contribution in [0.4, 0.5) is 0 Å². The summed E-state index contributed by atoms with van der Waals surface area (Å²) < 4.78 is 5.11. The number of methoxy groups -OCH3 is 1. The minimum atomic E-state index is 0.176. The molecule has 2 heterocycles. The lowest BCUT2D eigenvalue weighted by Crippen LogP contribution is -2.46. The van der Waals surface area contributed by atoms with Crippen LogP contribution in [0, 0.1) is 0 Å². The number of piperazine rings is 1. The van der Waals surface area contributed by atoms with Crippen LogP contribution in [-0.2, 0) is 11.2 Å². The maximum absolute atomic E-state index is 12.7. The van der Waals surface area contributed by atoms with Gasteiger partial charge in [-0.3, -0.25) is 4.79 Å². The highest BCUT2D eigenvalue weighted by atomic mass is 32.1. The lowest BCUT2D eigenvalue weighted by atomic mass is 10.2. The number of thiazole rings is 1. The van der Waals surface area contributed by atoms with Gasteiger partial charge in [-0.2, -0.15) is 0 Å². The Morgan fingerprint density at radius 2 is 2.20 bits per heavy atom. The minimum Gasteiger partial charge on any atom is -0.384 e. The fraction of sp³-hybridized carbons (Fsp3) is 0.714. The second kappa shape index (κ2) is 6.20. The number of ether oxygens (including phenoxy) is 1. The van der Waals surface area contributed by atoms with E-state index in [2.05, 4.69) is 5.32 Å². The summed E-state index contributed by atoms with van der Waals surface area (Å²) in [6.07, 6.45) is 3.15. The van der Waals surface area contributed by atoms with E-state index in [1.807, 2.05) is 4.90 Å². The lowest BCUT2D eigenvalue weighted by molar-refractivity contribution is 0.0739. The first-order chi connectivity index (χ1) is 9.79. The second-order valence-electron chi connectivity index (χ2n) is 5.38. The van der Waals surface area contributed by atoms with Gasteiger partial charge in [0.15, 0.2) is 0 Å². The number of carbonyl (C=O) groups excluding carboxylic acids is 1. The van der Waals surface area contributed by atoms with E-state index < -0.39 is 0 Å². The van der Waals surface area contributed by atoms with Crippen molar-refractivity contribution in [1.29, 1.82) is 0 Å². The summed E-state index contributed by atoms with van der Waals surface area (Å²) in [4.78, 5) is 20.2. The van der Waals surface area contributed by atoms with Crippen LogP contribution in [-0.4, -0.2) is 55.7 Å². The average Bonchev–Trinajstić information content (AvgIpc) is 3.25. The van der Waals surface area contributed by atoms with Crippen molar-refractivity contribution in [3.63, 3.8) is 0 Å². The number of nitrogens with zero attached hydrogens (tertiary/aromatic N) is 2. The Kier molecular flexibility index (Phi) is 4.33. The van der Waals surface area contributed by atoms with Gasteiger partial charge in [0.05, 0.1) is 17.3 Å². The van der Waals surface area contributed by atoms with E-state index in [-0.39, 0.29) is 5.91 Å². The summed E-state index contributed by atoms with van der Waals surface area (Å²) >= 11 is 1.57. The molecule has 2 fully saturated rings. The van der Waals surface area contributed by atoms with Crippen molar-refractivity contribution in [3.8, 4) is 0 Å². The van der Waals surface area contributed by atoms with Crippen LogP contribution in [0.15, 0.2) is 0 Å². The van der Waals surface area contributed by atoms with Crippen LogP contribution in [0.1, 0.15) is 39.1 Å². The van der Waals surface area contributed by atoms with Crippen molar-refractivity contribution in [2.45, 2.75) is 25.2 Å². The molecule has 1 aliphatic heterocycles. The molecule has 1 saturated heterocycles. The van der Waals surface area contributed by atoms with Gasteiger partial charge in [0.2, 0.25) is 0 Å². The highest BCUT2D eigenvalue weighted by Gasteiger charge is 2.33. The molecule has 1 N–H and O–H groups in total. The molecule has 1 saturated carbocycles. The molecule has 0 unspecified atom stereocenters. The first-order valence-electron chi connectivity index (χ1n) is 7.28. The van der Waals surface area contributed by atoms with Gasteiger partial charge in [-0.15, -0.1) is 11.3 Å². The van der Waals surface area contributed by atoms with E-state index in [0.29, 0.717) is 12.5 Å². The van der Waals surface area contributed by atoms with Gasteiger partial charge in [-0.1, -0.05) is 0 Å². The van der Waals surface area contributed by atoms with Crippen LogP contribution >= 0.6 is 11.3 Å². The Bertz CT molecular complexity index is 479. The Morgan fingerprint density at radius 3 is 2.85 bits per heavy atom. The number of nitrogens with one attached hydrogen (secondary N) is 1.